The Morgan fingerprint density at radius 1 is 0.773 bits per heavy atom. The lowest BCUT2D eigenvalue weighted by atomic mass is 9.79. The molecule has 0 nitrogen and oxygen atoms in total. The Kier molecular flexibility index (Phi) is 10.9. The molecule has 0 aliphatic rings. The SMILES string of the molecule is BCC/C(C)=C(CC(C)(C)C)/C(CCCC)=C(\C)CCCC. The third kappa shape index (κ3) is 8.86. The van der Waals surface area contributed by atoms with Crippen molar-refractivity contribution in [2.45, 2.75) is 106 Å². The van der Waals surface area contributed by atoms with Crippen molar-refractivity contribution < 1.29 is 0 Å². The van der Waals surface area contributed by atoms with Gasteiger partial charge in [0.2, 0.25) is 0 Å². The van der Waals surface area contributed by atoms with E-state index >= 15 is 0 Å². The first-order valence-electron chi connectivity index (χ1n) is 9.64. The molecule has 0 aromatic heterocycles. The second kappa shape index (κ2) is 11.1. The third-order valence-electron chi connectivity index (χ3n) is 4.41. The highest BCUT2D eigenvalue weighted by molar-refractivity contribution is 6.08. The maximum absolute atomic E-state index is 2.39. The largest absolute Gasteiger partial charge is 0.101 e. The number of hydrogen-bond donors (Lipinski definition) is 0. The lowest BCUT2D eigenvalue weighted by Crippen LogP contribution is -2.10. The Labute approximate surface area is 142 Å². The highest BCUT2D eigenvalue weighted by Crippen LogP contribution is 2.36. The summed E-state index contributed by atoms with van der Waals surface area (Å²) >= 11 is 0. The van der Waals surface area contributed by atoms with Gasteiger partial charge < -0.3 is 0 Å². The molecule has 0 saturated carbocycles. The number of allylic oxidation sites excluding steroid dienone is 4. The van der Waals surface area contributed by atoms with Crippen molar-refractivity contribution in [3.05, 3.63) is 22.3 Å². The molecule has 0 N–H and O–H groups in total. The molecular formula is C21H41B. The Morgan fingerprint density at radius 2 is 1.27 bits per heavy atom. The zero-order valence-electron chi connectivity index (χ0n) is 16.9. The minimum Gasteiger partial charge on any atom is -0.0774 e. The van der Waals surface area contributed by atoms with E-state index in [1.165, 1.54) is 57.7 Å². The van der Waals surface area contributed by atoms with Gasteiger partial charge in [-0.1, -0.05) is 64.9 Å². The normalized spacial score (nSPS) is 14.7. The van der Waals surface area contributed by atoms with Gasteiger partial charge in [0.15, 0.2) is 0 Å². The van der Waals surface area contributed by atoms with E-state index in [1.807, 2.05) is 0 Å². The van der Waals surface area contributed by atoms with Gasteiger partial charge in [0.05, 0.1) is 0 Å². The summed E-state index contributed by atoms with van der Waals surface area (Å²) in [6.45, 7) is 16.5. The van der Waals surface area contributed by atoms with Crippen LogP contribution >= 0.6 is 0 Å². The van der Waals surface area contributed by atoms with Crippen LogP contribution in [-0.2, 0) is 0 Å². The summed E-state index contributed by atoms with van der Waals surface area (Å²) in [7, 11) is 2.30. The van der Waals surface area contributed by atoms with Crippen molar-refractivity contribution in [3.63, 3.8) is 0 Å². The summed E-state index contributed by atoms with van der Waals surface area (Å²) in [6.07, 6.45) is 11.5. The van der Waals surface area contributed by atoms with Gasteiger partial charge in [-0.25, -0.2) is 0 Å². The average Bonchev–Trinajstić information content (AvgIpc) is 2.43. The van der Waals surface area contributed by atoms with Crippen LogP contribution in [0.15, 0.2) is 22.3 Å². The molecule has 22 heavy (non-hydrogen) atoms. The molecule has 0 radical (unpaired) electrons. The van der Waals surface area contributed by atoms with Crippen LogP contribution in [0.2, 0.25) is 6.32 Å². The molecule has 0 atom stereocenters. The van der Waals surface area contributed by atoms with E-state index in [9.17, 15) is 0 Å². The van der Waals surface area contributed by atoms with Crippen molar-refractivity contribution in [2.24, 2.45) is 5.41 Å². The molecule has 0 fully saturated rings. The van der Waals surface area contributed by atoms with Crippen LogP contribution in [0.3, 0.4) is 0 Å². The van der Waals surface area contributed by atoms with Crippen LogP contribution in [0.1, 0.15) is 99.8 Å². The van der Waals surface area contributed by atoms with Crippen molar-refractivity contribution in [3.8, 4) is 0 Å². The molecule has 0 rings (SSSR count). The van der Waals surface area contributed by atoms with Gasteiger partial charge in [-0.05, 0) is 68.9 Å². The van der Waals surface area contributed by atoms with Crippen LogP contribution < -0.4 is 0 Å². The van der Waals surface area contributed by atoms with Crippen LogP contribution in [0, 0.1) is 5.41 Å². The molecule has 0 bridgehead atoms. The second-order valence-corrected chi connectivity index (χ2v) is 8.21. The number of unbranched alkanes of at least 4 members (excludes halogenated alkanes) is 2. The number of hydrogen-bond acceptors (Lipinski definition) is 0. The topological polar surface area (TPSA) is 0 Å². The van der Waals surface area contributed by atoms with E-state index in [2.05, 4.69) is 56.3 Å². The summed E-state index contributed by atoms with van der Waals surface area (Å²) in [5, 5.41) is 0. The van der Waals surface area contributed by atoms with E-state index in [1.54, 1.807) is 22.3 Å². The highest BCUT2D eigenvalue weighted by Gasteiger charge is 2.19. The van der Waals surface area contributed by atoms with E-state index in [0.717, 1.165) is 0 Å². The van der Waals surface area contributed by atoms with Gasteiger partial charge in [-0.2, -0.15) is 0 Å². The Hall–Kier alpha value is -0.455. The fourth-order valence-corrected chi connectivity index (χ4v) is 3.14. The summed E-state index contributed by atoms with van der Waals surface area (Å²) < 4.78 is 0. The minimum absolute atomic E-state index is 0.368. The molecule has 128 valence electrons. The second-order valence-electron chi connectivity index (χ2n) is 8.21. The quantitative estimate of drug-likeness (QED) is 0.305. The fourth-order valence-electron chi connectivity index (χ4n) is 3.14. The number of rotatable bonds is 10. The van der Waals surface area contributed by atoms with Gasteiger partial charge in [0.1, 0.15) is 7.85 Å². The highest BCUT2D eigenvalue weighted by atomic mass is 14.2. The monoisotopic (exact) mass is 304 g/mol. The Balaban J connectivity index is 5.67. The van der Waals surface area contributed by atoms with Crippen LogP contribution in [0.4, 0.5) is 0 Å². The molecule has 0 aromatic carbocycles. The van der Waals surface area contributed by atoms with Crippen molar-refractivity contribution in [1.82, 2.24) is 0 Å². The van der Waals surface area contributed by atoms with Gasteiger partial charge in [0, 0.05) is 0 Å². The molecule has 0 aliphatic carbocycles. The Morgan fingerprint density at radius 3 is 1.73 bits per heavy atom. The maximum atomic E-state index is 2.39. The van der Waals surface area contributed by atoms with Gasteiger partial charge in [-0.15, -0.1) is 0 Å². The first kappa shape index (κ1) is 21.5. The van der Waals surface area contributed by atoms with Gasteiger partial charge >= 0.3 is 0 Å². The lowest BCUT2D eigenvalue weighted by molar-refractivity contribution is 0.408. The molecule has 0 spiro atoms. The smallest absolute Gasteiger partial charge is 0.0774 e. The molecular weight excluding hydrogens is 263 g/mol. The Bertz CT molecular complexity index is 366. The summed E-state index contributed by atoms with van der Waals surface area (Å²) in [4.78, 5) is 0. The summed E-state index contributed by atoms with van der Waals surface area (Å²) in [5.74, 6) is 0. The van der Waals surface area contributed by atoms with Gasteiger partial charge in [-0.3, -0.25) is 0 Å². The zero-order valence-corrected chi connectivity index (χ0v) is 16.9. The van der Waals surface area contributed by atoms with E-state index in [4.69, 9.17) is 0 Å². The van der Waals surface area contributed by atoms with Crippen molar-refractivity contribution in [2.75, 3.05) is 0 Å². The predicted molar refractivity (Wildman–Crippen MR) is 106 cm³/mol. The van der Waals surface area contributed by atoms with E-state index in [-0.39, 0.29) is 0 Å². The first-order valence-corrected chi connectivity index (χ1v) is 9.64. The van der Waals surface area contributed by atoms with Crippen LogP contribution in [0.25, 0.3) is 0 Å². The first-order chi connectivity index (χ1) is 10.3. The van der Waals surface area contributed by atoms with Crippen molar-refractivity contribution >= 4 is 7.85 Å². The lowest BCUT2D eigenvalue weighted by Gasteiger charge is -2.26. The molecule has 1 heteroatoms. The molecule has 0 heterocycles. The zero-order chi connectivity index (χ0) is 17.2. The van der Waals surface area contributed by atoms with Gasteiger partial charge in [0.25, 0.3) is 0 Å². The fraction of sp³-hybridized carbons (Fsp3) is 0.810. The van der Waals surface area contributed by atoms with Crippen LogP contribution in [0.5, 0.6) is 0 Å². The third-order valence-corrected chi connectivity index (χ3v) is 4.41. The maximum Gasteiger partial charge on any atom is 0.101 e. The molecule has 0 unspecified atom stereocenters. The van der Waals surface area contributed by atoms with Crippen molar-refractivity contribution in [1.29, 1.82) is 0 Å². The van der Waals surface area contributed by atoms with E-state index in [0.29, 0.717) is 5.41 Å². The minimum atomic E-state index is 0.368. The van der Waals surface area contributed by atoms with E-state index < -0.39 is 0 Å². The van der Waals surface area contributed by atoms with Crippen LogP contribution in [-0.4, -0.2) is 7.85 Å². The average molecular weight is 304 g/mol. The molecule has 0 aromatic rings. The summed E-state index contributed by atoms with van der Waals surface area (Å²) in [6, 6.07) is 0. The summed E-state index contributed by atoms with van der Waals surface area (Å²) in [5.41, 5.74) is 7.06. The standard InChI is InChI=1S/C21H41B/c1-8-10-12-17(3)19(13-11-9-2)20(16-21(5,6)7)18(4)14-15-22/h8-16,22H2,1-7H3/b19-17+,20-18+. The predicted octanol–water partition coefficient (Wildman–Crippen LogP) is 6.88. The molecule has 0 saturated heterocycles. The molecule has 0 aliphatic heterocycles. The molecule has 0 amide bonds.